The van der Waals surface area contributed by atoms with Crippen LogP contribution < -0.4 is 5.32 Å². The Bertz CT molecular complexity index is 1020. The fraction of sp³-hybridized carbons (Fsp3) is 0.217. The minimum absolute atomic E-state index is 0.0482. The minimum Gasteiger partial charge on any atom is -0.336 e. The predicted octanol–water partition coefficient (Wildman–Crippen LogP) is 3.89. The quantitative estimate of drug-likeness (QED) is 0.713. The first-order chi connectivity index (χ1) is 14.1. The first-order valence-electron chi connectivity index (χ1n) is 9.65. The smallest absolute Gasteiger partial charge is 0.254 e. The predicted molar refractivity (Wildman–Crippen MR) is 116 cm³/mol. The first-order valence-corrected chi connectivity index (χ1v) is 10.0. The molecule has 0 bridgehead atoms. The third kappa shape index (κ3) is 4.58. The zero-order chi connectivity index (χ0) is 20.2. The molecule has 148 valence electrons. The standard InChI is InChI=1S/C23H22ClN3O2/c24-18-8-10-19(11-9-18)25-22(28)16-26-12-14-27(15-13-26)23(29)21-7-3-5-17-4-1-2-6-20(17)21/h1-11H,12-16H2,(H,25,28). The Kier molecular flexibility index (Phi) is 5.79. The lowest BCUT2D eigenvalue weighted by Gasteiger charge is -2.34. The number of fused-ring (bicyclic) bond motifs is 1. The summed E-state index contributed by atoms with van der Waals surface area (Å²) < 4.78 is 0. The number of hydrogen-bond acceptors (Lipinski definition) is 3. The Balaban J connectivity index is 1.33. The Hall–Kier alpha value is -2.89. The lowest BCUT2D eigenvalue weighted by atomic mass is 10.0. The number of nitrogens with zero attached hydrogens (tertiary/aromatic N) is 2. The van der Waals surface area contributed by atoms with Gasteiger partial charge in [-0.3, -0.25) is 14.5 Å². The van der Waals surface area contributed by atoms with Crippen LogP contribution in [0, 0.1) is 0 Å². The molecule has 1 fully saturated rings. The summed E-state index contributed by atoms with van der Waals surface area (Å²) in [7, 11) is 0. The number of nitrogens with one attached hydrogen (secondary N) is 1. The van der Waals surface area contributed by atoms with Gasteiger partial charge in [0.15, 0.2) is 0 Å². The maximum atomic E-state index is 13.0. The number of rotatable bonds is 4. The van der Waals surface area contributed by atoms with E-state index in [1.807, 2.05) is 47.4 Å². The van der Waals surface area contributed by atoms with E-state index in [2.05, 4.69) is 10.2 Å². The number of carbonyl (C=O) groups is 2. The van der Waals surface area contributed by atoms with Crippen LogP contribution in [0.1, 0.15) is 10.4 Å². The average Bonchev–Trinajstić information content (AvgIpc) is 2.75. The summed E-state index contributed by atoms with van der Waals surface area (Å²) in [5.41, 5.74) is 1.46. The topological polar surface area (TPSA) is 52.7 Å². The van der Waals surface area contributed by atoms with E-state index in [4.69, 9.17) is 11.6 Å². The molecule has 0 unspecified atom stereocenters. The van der Waals surface area contributed by atoms with Crippen LogP contribution in [0.2, 0.25) is 5.02 Å². The van der Waals surface area contributed by atoms with Crippen LogP contribution in [-0.4, -0.2) is 54.3 Å². The van der Waals surface area contributed by atoms with Crippen molar-refractivity contribution in [1.29, 1.82) is 0 Å². The highest BCUT2D eigenvalue weighted by molar-refractivity contribution is 6.30. The highest BCUT2D eigenvalue weighted by Gasteiger charge is 2.24. The van der Waals surface area contributed by atoms with E-state index in [0.29, 0.717) is 37.7 Å². The molecule has 0 aliphatic carbocycles. The first kappa shape index (κ1) is 19.4. The number of halogens is 1. The largest absolute Gasteiger partial charge is 0.336 e. The molecule has 4 rings (SSSR count). The van der Waals surface area contributed by atoms with Crippen molar-refractivity contribution in [3.8, 4) is 0 Å². The van der Waals surface area contributed by atoms with E-state index in [1.165, 1.54) is 0 Å². The lowest BCUT2D eigenvalue weighted by Crippen LogP contribution is -2.50. The number of hydrogen-bond donors (Lipinski definition) is 1. The summed E-state index contributed by atoms with van der Waals surface area (Å²) in [5, 5.41) is 5.55. The molecular formula is C23H22ClN3O2. The lowest BCUT2D eigenvalue weighted by molar-refractivity contribution is -0.117. The van der Waals surface area contributed by atoms with E-state index in [1.54, 1.807) is 24.3 Å². The van der Waals surface area contributed by atoms with Crippen LogP contribution >= 0.6 is 11.6 Å². The third-order valence-corrected chi connectivity index (χ3v) is 5.43. The molecule has 1 heterocycles. The van der Waals surface area contributed by atoms with Gasteiger partial charge in [-0.25, -0.2) is 0 Å². The molecule has 0 spiro atoms. The normalized spacial score (nSPS) is 14.7. The highest BCUT2D eigenvalue weighted by Crippen LogP contribution is 2.21. The van der Waals surface area contributed by atoms with Gasteiger partial charge in [-0.05, 0) is 41.1 Å². The number of carbonyl (C=O) groups excluding carboxylic acids is 2. The van der Waals surface area contributed by atoms with Crippen LogP contribution in [0.4, 0.5) is 5.69 Å². The molecule has 1 aliphatic heterocycles. The minimum atomic E-state index is -0.0684. The van der Waals surface area contributed by atoms with Gasteiger partial charge >= 0.3 is 0 Å². The maximum Gasteiger partial charge on any atom is 0.254 e. The van der Waals surface area contributed by atoms with Crippen LogP contribution in [0.15, 0.2) is 66.7 Å². The van der Waals surface area contributed by atoms with Crippen molar-refractivity contribution < 1.29 is 9.59 Å². The van der Waals surface area contributed by atoms with E-state index >= 15 is 0 Å². The fourth-order valence-electron chi connectivity index (χ4n) is 3.63. The molecule has 6 heteroatoms. The molecule has 3 aromatic rings. The monoisotopic (exact) mass is 407 g/mol. The van der Waals surface area contributed by atoms with Gasteiger partial charge in [0.1, 0.15) is 0 Å². The zero-order valence-electron chi connectivity index (χ0n) is 16.0. The van der Waals surface area contributed by atoms with Crippen molar-refractivity contribution in [3.05, 3.63) is 77.3 Å². The van der Waals surface area contributed by atoms with Gasteiger partial charge in [0, 0.05) is 42.5 Å². The van der Waals surface area contributed by atoms with Gasteiger partial charge in [0.25, 0.3) is 5.91 Å². The van der Waals surface area contributed by atoms with Crippen LogP contribution in [-0.2, 0) is 4.79 Å². The molecule has 1 aliphatic rings. The Labute approximate surface area is 174 Å². The zero-order valence-corrected chi connectivity index (χ0v) is 16.7. The van der Waals surface area contributed by atoms with E-state index in [0.717, 1.165) is 22.0 Å². The Morgan fingerprint density at radius 1 is 0.862 bits per heavy atom. The van der Waals surface area contributed by atoms with Gasteiger partial charge < -0.3 is 10.2 Å². The molecular weight excluding hydrogens is 386 g/mol. The van der Waals surface area contributed by atoms with Crippen molar-refractivity contribution in [3.63, 3.8) is 0 Å². The fourth-order valence-corrected chi connectivity index (χ4v) is 3.75. The van der Waals surface area contributed by atoms with E-state index < -0.39 is 0 Å². The summed E-state index contributed by atoms with van der Waals surface area (Å²) in [4.78, 5) is 29.2. The summed E-state index contributed by atoms with van der Waals surface area (Å²) >= 11 is 5.87. The van der Waals surface area contributed by atoms with Crippen molar-refractivity contribution >= 4 is 39.9 Å². The van der Waals surface area contributed by atoms with Crippen molar-refractivity contribution in [1.82, 2.24) is 9.80 Å². The molecule has 0 aromatic heterocycles. The molecule has 5 nitrogen and oxygen atoms in total. The van der Waals surface area contributed by atoms with E-state index in [9.17, 15) is 9.59 Å². The van der Waals surface area contributed by atoms with Gasteiger partial charge in [0.05, 0.1) is 6.54 Å². The molecule has 0 saturated carbocycles. The number of benzene rings is 3. The van der Waals surface area contributed by atoms with Crippen molar-refractivity contribution in [2.75, 3.05) is 38.0 Å². The number of anilines is 1. The molecule has 3 aromatic carbocycles. The third-order valence-electron chi connectivity index (χ3n) is 5.17. The van der Waals surface area contributed by atoms with Gasteiger partial charge in [0.2, 0.25) is 5.91 Å². The van der Waals surface area contributed by atoms with Crippen LogP contribution in [0.25, 0.3) is 10.8 Å². The second-order valence-corrected chi connectivity index (χ2v) is 7.59. The molecule has 0 atom stereocenters. The maximum absolute atomic E-state index is 13.0. The van der Waals surface area contributed by atoms with Gasteiger partial charge in [-0.2, -0.15) is 0 Å². The average molecular weight is 408 g/mol. The molecule has 2 amide bonds. The Morgan fingerprint density at radius 2 is 1.55 bits per heavy atom. The highest BCUT2D eigenvalue weighted by atomic mass is 35.5. The van der Waals surface area contributed by atoms with Crippen LogP contribution in [0.5, 0.6) is 0 Å². The van der Waals surface area contributed by atoms with Crippen molar-refractivity contribution in [2.45, 2.75) is 0 Å². The summed E-state index contributed by atoms with van der Waals surface area (Å²) in [6.07, 6.45) is 0. The van der Waals surface area contributed by atoms with E-state index in [-0.39, 0.29) is 11.8 Å². The van der Waals surface area contributed by atoms with Crippen molar-refractivity contribution in [2.24, 2.45) is 0 Å². The Morgan fingerprint density at radius 3 is 2.31 bits per heavy atom. The number of amides is 2. The molecule has 1 N–H and O–H groups in total. The summed E-state index contributed by atoms with van der Waals surface area (Å²) in [6, 6.07) is 20.8. The summed E-state index contributed by atoms with van der Waals surface area (Å²) in [6.45, 7) is 2.86. The molecule has 1 saturated heterocycles. The van der Waals surface area contributed by atoms with Gasteiger partial charge in [-0.15, -0.1) is 0 Å². The molecule has 0 radical (unpaired) electrons. The second-order valence-electron chi connectivity index (χ2n) is 7.15. The summed E-state index contributed by atoms with van der Waals surface area (Å²) in [5.74, 6) is -0.0202. The SMILES string of the molecule is O=C(CN1CCN(C(=O)c2cccc3ccccc23)CC1)Nc1ccc(Cl)cc1. The molecule has 29 heavy (non-hydrogen) atoms. The van der Waals surface area contributed by atoms with Crippen LogP contribution in [0.3, 0.4) is 0 Å². The number of piperazine rings is 1. The second kappa shape index (κ2) is 8.64. The van der Waals surface area contributed by atoms with Gasteiger partial charge in [-0.1, -0.05) is 48.0 Å².